The molecule has 0 saturated heterocycles. The quantitative estimate of drug-likeness (QED) is 0.725. The molecule has 0 unspecified atom stereocenters. The zero-order chi connectivity index (χ0) is 20.2. The van der Waals surface area contributed by atoms with E-state index in [9.17, 15) is 9.59 Å². The summed E-state index contributed by atoms with van der Waals surface area (Å²) in [6.07, 6.45) is 5.15. The molecule has 150 valence electrons. The molecule has 0 atom stereocenters. The second kappa shape index (κ2) is 8.47. The molecule has 2 aromatic carbocycles. The number of hydrogen-bond donors (Lipinski definition) is 1. The van der Waals surface area contributed by atoms with Crippen LogP contribution in [0.4, 0.5) is 5.69 Å². The minimum Gasteiger partial charge on any atom is -0.494 e. The van der Waals surface area contributed by atoms with Crippen molar-refractivity contribution >= 4 is 22.5 Å². The van der Waals surface area contributed by atoms with Gasteiger partial charge in [-0.05, 0) is 62.2 Å². The van der Waals surface area contributed by atoms with E-state index in [1.54, 1.807) is 34.9 Å². The summed E-state index contributed by atoms with van der Waals surface area (Å²) in [5.74, 6) is 1.35. The Bertz CT molecular complexity index is 1090. The van der Waals surface area contributed by atoms with Crippen LogP contribution in [-0.4, -0.2) is 22.1 Å². The van der Waals surface area contributed by atoms with Crippen LogP contribution in [0.3, 0.4) is 0 Å². The number of ether oxygens (including phenoxy) is 1. The van der Waals surface area contributed by atoms with Crippen LogP contribution in [0, 0.1) is 0 Å². The normalized spacial score (nSPS) is 14.0. The van der Waals surface area contributed by atoms with Crippen LogP contribution in [0.25, 0.3) is 10.9 Å². The first-order chi connectivity index (χ1) is 14.2. The number of rotatable bonds is 4. The summed E-state index contributed by atoms with van der Waals surface area (Å²) in [7, 11) is 0. The Labute approximate surface area is 169 Å². The summed E-state index contributed by atoms with van der Waals surface area (Å²) in [6, 6.07) is 12.4. The number of nitrogens with one attached hydrogen (secondary N) is 1. The van der Waals surface area contributed by atoms with Gasteiger partial charge in [0.05, 0.1) is 17.5 Å². The van der Waals surface area contributed by atoms with Gasteiger partial charge in [-0.15, -0.1) is 0 Å². The zero-order valence-corrected chi connectivity index (χ0v) is 16.6. The first-order valence-corrected chi connectivity index (χ1v) is 10.2. The van der Waals surface area contributed by atoms with Crippen molar-refractivity contribution in [2.24, 2.45) is 0 Å². The molecular formula is C23H25N3O3. The summed E-state index contributed by atoms with van der Waals surface area (Å²) in [5, 5.41) is 3.44. The monoisotopic (exact) mass is 391 g/mol. The Morgan fingerprint density at radius 2 is 1.90 bits per heavy atom. The summed E-state index contributed by atoms with van der Waals surface area (Å²) >= 11 is 0. The molecule has 0 aliphatic carbocycles. The van der Waals surface area contributed by atoms with Crippen LogP contribution in [0.1, 0.15) is 48.8 Å². The van der Waals surface area contributed by atoms with E-state index in [0.29, 0.717) is 28.8 Å². The van der Waals surface area contributed by atoms with Gasteiger partial charge < -0.3 is 10.1 Å². The third-order valence-corrected chi connectivity index (χ3v) is 5.25. The van der Waals surface area contributed by atoms with Crippen molar-refractivity contribution in [1.29, 1.82) is 0 Å². The number of anilines is 1. The van der Waals surface area contributed by atoms with Gasteiger partial charge in [0.15, 0.2) is 0 Å². The first-order valence-electron chi connectivity index (χ1n) is 10.2. The van der Waals surface area contributed by atoms with E-state index < -0.39 is 0 Å². The van der Waals surface area contributed by atoms with Crippen LogP contribution in [0.5, 0.6) is 5.75 Å². The lowest BCUT2D eigenvalue weighted by Gasteiger charge is -2.16. The molecule has 3 aromatic rings. The topological polar surface area (TPSA) is 73.2 Å². The van der Waals surface area contributed by atoms with E-state index in [2.05, 4.69) is 5.32 Å². The maximum atomic E-state index is 12.9. The van der Waals surface area contributed by atoms with Crippen LogP contribution >= 0.6 is 0 Å². The van der Waals surface area contributed by atoms with E-state index >= 15 is 0 Å². The van der Waals surface area contributed by atoms with Crippen molar-refractivity contribution in [2.75, 3.05) is 11.9 Å². The number of aromatic nitrogens is 2. The molecule has 1 aliphatic rings. The molecule has 0 bridgehead atoms. The van der Waals surface area contributed by atoms with E-state index in [0.717, 1.165) is 43.8 Å². The van der Waals surface area contributed by atoms with Gasteiger partial charge in [0, 0.05) is 24.2 Å². The molecule has 1 aromatic heterocycles. The molecule has 6 nitrogen and oxygen atoms in total. The fourth-order valence-corrected chi connectivity index (χ4v) is 3.74. The molecule has 0 radical (unpaired) electrons. The van der Waals surface area contributed by atoms with Crippen molar-refractivity contribution in [3.63, 3.8) is 0 Å². The molecular weight excluding hydrogens is 366 g/mol. The highest BCUT2D eigenvalue weighted by atomic mass is 16.5. The average molecular weight is 391 g/mol. The zero-order valence-electron chi connectivity index (χ0n) is 16.6. The highest BCUT2D eigenvalue weighted by Gasteiger charge is 2.15. The standard InChI is InChI=1S/C23H25N3O3/c1-2-29-18-11-9-17(10-12-18)24-22(27)16-8-13-19-20(15-16)25-21-7-5-3-4-6-14-26(21)23(19)28/h8-13,15H,2-7,14H2,1H3,(H,24,27). The van der Waals surface area contributed by atoms with E-state index in [-0.39, 0.29) is 11.5 Å². The van der Waals surface area contributed by atoms with Gasteiger partial charge in [0.2, 0.25) is 0 Å². The number of carbonyl (C=O) groups is 1. The SMILES string of the molecule is CCOc1ccc(NC(=O)c2ccc3c(=O)n4c(nc3c2)CCCCCC4)cc1. The van der Waals surface area contributed by atoms with E-state index in [4.69, 9.17) is 9.72 Å². The largest absolute Gasteiger partial charge is 0.494 e. The number of amides is 1. The summed E-state index contributed by atoms with van der Waals surface area (Å²) in [4.78, 5) is 30.3. The van der Waals surface area contributed by atoms with Gasteiger partial charge in [-0.2, -0.15) is 0 Å². The second-order valence-corrected chi connectivity index (χ2v) is 7.29. The Balaban J connectivity index is 1.61. The van der Waals surface area contributed by atoms with Gasteiger partial charge in [0.25, 0.3) is 11.5 Å². The fraction of sp³-hybridized carbons (Fsp3) is 0.348. The Kier molecular flexibility index (Phi) is 5.60. The van der Waals surface area contributed by atoms with Crippen molar-refractivity contribution < 1.29 is 9.53 Å². The minimum absolute atomic E-state index is 0.00892. The molecule has 4 rings (SSSR count). The molecule has 29 heavy (non-hydrogen) atoms. The highest BCUT2D eigenvalue weighted by Crippen LogP contribution is 2.19. The van der Waals surface area contributed by atoms with Crippen LogP contribution in [-0.2, 0) is 13.0 Å². The lowest BCUT2D eigenvalue weighted by molar-refractivity contribution is 0.102. The minimum atomic E-state index is -0.232. The number of benzene rings is 2. The number of carbonyl (C=O) groups excluding carboxylic acids is 1. The second-order valence-electron chi connectivity index (χ2n) is 7.29. The van der Waals surface area contributed by atoms with Crippen LogP contribution in [0.15, 0.2) is 47.3 Å². The van der Waals surface area contributed by atoms with Crippen molar-refractivity contribution in [1.82, 2.24) is 9.55 Å². The van der Waals surface area contributed by atoms with E-state index in [1.165, 1.54) is 6.42 Å². The number of hydrogen-bond acceptors (Lipinski definition) is 4. The third-order valence-electron chi connectivity index (χ3n) is 5.25. The van der Waals surface area contributed by atoms with Gasteiger partial charge >= 0.3 is 0 Å². The Hall–Kier alpha value is -3.15. The maximum absolute atomic E-state index is 12.9. The molecule has 0 saturated carbocycles. The number of aryl methyl sites for hydroxylation is 1. The molecule has 0 fully saturated rings. The van der Waals surface area contributed by atoms with Gasteiger partial charge in [-0.25, -0.2) is 4.98 Å². The van der Waals surface area contributed by atoms with Crippen molar-refractivity contribution in [2.45, 2.75) is 45.6 Å². The summed E-state index contributed by atoms with van der Waals surface area (Å²) in [5.41, 5.74) is 1.74. The molecule has 1 N–H and O–H groups in total. The van der Waals surface area contributed by atoms with Crippen LogP contribution in [0.2, 0.25) is 0 Å². The van der Waals surface area contributed by atoms with E-state index in [1.807, 2.05) is 19.1 Å². The van der Waals surface area contributed by atoms with Crippen molar-refractivity contribution in [3.8, 4) is 5.75 Å². The predicted molar refractivity (Wildman–Crippen MR) is 114 cm³/mol. The van der Waals surface area contributed by atoms with Crippen LogP contribution < -0.4 is 15.6 Å². The predicted octanol–water partition coefficient (Wildman–Crippen LogP) is 4.16. The van der Waals surface area contributed by atoms with Gasteiger partial charge in [-0.3, -0.25) is 14.2 Å². The summed E-state index contributed by atoms with van der Waals surface area (Å²) in [6.45, 7) is 3.24. The molecule has 6 heteroatoms. The maximum Gasteiger partial charge on any atom is 0.261 e. The van der Waals surface area contributed by atoms with Crippen molar-refractivity contribution in [3.05, 3.63) is 64.2 Å². The highest BCUT2D eigenvalue weighted by molar-refractivity contribution is 6.06. The Morgan fingerprint density at radius 1 is 1.10 bits per heavy atom. The first kappa shape index (κ1) is 19.2. The van der Waals surface area contributed by atoms with Gasteiger partial charge in [0.1, 0.15) is 11.6 Å². The lowest BCUT2D eigenvalue weighted by Crippen LogP contribution is -2.26. The summed E-state index contributed by atoms with van der Waals surface area (Å²) < 4.78 is 7.23. The fourth-order valence-electron chi connectivity index (χ4n) is 3.74. The smallest absolute Gasteiger partial charge is 0.261 e. The molecule has 0 spiro atoms. The average Bonchev–Trinajstić information content (AvgIpc) is 2.71. The Morgan fingerprint density at radius 3 is 2.69 bits per heavy atom. The lowest BCUT2D eigenvalue weighted by atomic mass is 10.1. The molecule has 1 amide bonds. The molecule has 1 aliphatic heterocycles. The number of nitrogens with zero attached hydrogens (tertiary/aromatic N) is 2. The van der Waals surface area contributed by atoms with Gasteiger partial charge in [-0.1, -0.05) is 12.8 Å². The third kappa shape index (κ3) is 4.16. The molecule has 2 heterocycles. The number of fused-ring (bicyclic) bond motifs is 2.